The van der Waals surface area contributed by atoms with Gasteiger partial charge < -0.3 is 0 Å². The molecule has 0 aliphatic carbocycles. The van der Waals surface area contributed by atoms with Crippen LogP contribution in [-0.4, -0.2) is 16.7 Å². The van der Waals surface area contributed by atoms with E-state index in [4.69, 9.17) is 0 Å². The Morgan fingerprint density at radius 3 is 2.45 bits per heavy atom. The van der Waals surface area contributed by atoms with Crippen molar-refractivity contribution in [1.82, 2.24) is 4.90 Å². The summed E-state index contributed by atoms with van der Waals surface area (Å²) in [6, 6.07) is 7.56. The Kier molecular flexibility index (Phi) is 4.33. The predicted octanol–water partition coefficient (Wildman–Crippen LogP) is 4.08. The number of imide groups is 1. The molecule has 0 radical (unpaired) electrons. The molecule has 20 heavy (non-hydrogen) atoms. The van der Waals surface area contributed by atoms with Crippen LogP contribution in [0.1, 0.15) is 51.6 Å². The Balaban J connectivity index is 2.33. The third kappa shape index (κ3) is 2.41. The number of carbonyl (C=O) groups excluding carboxylic acids is 2. The second-order valence-corrected chi connectivity index (χ2v) is 6.38. The van der Waals surface area contributed by atoms with E-state index in [9.17, 15) is 9.59 Å². The average molecular weight is 338 g/mol. The normalized spacial score (nSPS) is 19.5. The van der Waals surface area contributed by atoms with Gasteiger partial charge in [0.05, 0.1) is 11.5 Å². The van der Waals surface area contributed by atoms with Crippen LogP contribution in [0.25, 0.3) is 0 Å². The molecule has 108 valence electrons. The number of hydrogen-bond acceptors (Lipinski definition) is 2. The highest BCUT2D eigenvalue weighted by Gasteiger charge is 2.50. The Bertz CT molecular complexity index is 537. The number of amides is 2. The number of nitrogens with zero attached hydrogens (tertiary/aromatic N) is 1. The molecule has 1 unspecified atom stereocenters. The van der Waals surface area contributed by atoms with Gasteiger partial charge in [0.25, 0.3) is 0 Å². The summed E-state index contributed by atoms with van der Waals surface area (Å²) in [6.45, 7) is 5.89. The summed E-state index contributed by atoms with van der Waals surface area (Å²) in [4.78, 5) is 26.5. The van der Waals surface area contributed by atoms with Crippen molar-refractivity contribution in [2.45, 2.75) is 46.1 Å². The van der Waals surface area contributed by atoms with E-state index >= 15 is 0 Å². The smallest absolute Gasteiger partial charge is 0.236 e. The van der Waals surface area contributed by atoms with Crippen LogP contribution >= 0.6 is 15.9 Å². The Hall–Kier alpha value is -1.16. The van der Waals surface area contributed by atoms with E-state index < -0.39 is 5.41 Å². The highest BCUT2D eigenvalue weighted by Crippen LogP contribution is 2.42. The van der Waals surface area contributed by atoms with Crippen molar-refractivity contribution in [2.24, 2.45) is 5.41 Å². The van der Waals surface area contributed by atoms with Crippen molar-refractivity contribution in [1.29, 1.82) is 0 Å². The summed E-state index contributed by atoms with van der Waals surface area (Å²) in [5, 5.41) is 0. The number of likely N-dealkylation sites (tertiary alicyclic amines) is 1. The maximum absolute atomic E-state index is 12.7. The van der Waals surface area contributed by atoms with Crippen molar-refractivity contribution < 1.29 is 9.59 Å². The first-order chi connectivity index (χ1) is 9.45. The van der Waals surface area contributed by atoms with E-state index in [1.807, 2.05) is 45.0 Å². The molecule has 1 fully saturated rings. The lowest BCUT2D eigenvalue weighted by Gasteiger charge is -2.27. The Labute approximate surface area is 128 Å². The molecule has 1 atom stereocenters. The summed E-state index contributed by atoms with van der Waals surface area (Å²) in [5.41, 5.74) is 0.487. The van der Waals surface area contributed by atoms with Gasteiger partial charge in [-0.05, 0) is 37.5 Å². The lowest BCUT2D eigenvalue weighted by atomic mass is 9.81. The summed E-state index contributed by atoms with van der Waals surface area (Å²) < 4.78 is 0.957. The quantitative estimate of drug-likeness (QED) is 0.776. The van der Waals surface area contributed by atoms with Gasteiger partial charge in [-0.15, -0.1) is 0 Å². The summed E-state index contributed by atoms with van der Waals surface area (Å²) in [6.07, 6.45) is 1.78. The molecule has 4 heteroatoms. The van der Waals surface area contributed by atoms with E-state index in [1.54, 1.807) is 0 Å². The fraction of sp³-hybridized carbons (Fsp3) is 0.500. The number of hydrogen-bond donors (Lipinski definition) is 0. The molecule has 1 aliphatic heterocycles. The summed E-state index contributed by atoms with van der Waals surface area (Å²) >= 11 is 3.43. The molecule has 3 nitrogen and oxygen atoms in total. The molecule has 0 saturated carbocycles. The van der Waals surface area contributed by atoms with Gasteiger partial charge in [0.2, 0.25) is 11.8 Å². The van der Waals surface area contributed by atoms with Crippen molar-refractivity contribution >= 4 is 27.7 Å². The van der Waals surface area contributed by atoms with Crippen molar-refractivity contribution in [3.8, 4) is 0 Å². The topological polar surface area (TPSA) is 37.4 Å². The molecule has 1 heterocycles. The summed E-state index contributed by atoms with van der Waals surface area (Å²) in [5.74, 6) is -0.0637. The molecule has 1 aliphatic rings. The standard InChI is InChI=1S/C16H20BrNO2/c1-4-16(5-2)10-14(19)18(15(16)20)11(3)12-7-6-8-13(17)9-12/h6-9,11H,4-5,10H2,1-3H3. The van der Waals surface area contributed by atoms with Crippen LogP contribution in [0.4, 0.5) is 0 Å². The van der Waals surface area contributed by atoms with E-state index in [0.29, 0.717) is 6.42 Å². The van der Waals surface area contributed by atoms with Gasteiger partial charge in [-0.1, -0.05) is 41.9 Å². The second-order valence-electron chi connectivity index (χ2n) is 5.46. The molecular weight excluding hydrogens is 318 g/mol. The Morgan fingerprint density at radius 2 is 1.95 bits per heavy atom. The first-order valence-corrected chi connectivity index (χ1v) is 7.86. The zero-order chi connectivity index (χ0) is 14.9. The molecule has 2 rings (SSSR count). The monoisotopic (exact) mass is 337 g/mol. The minimum Gasteiger partial charge on any atom is -0.275 e. The first-order valence-electron chi connectivity index (χ1n) is 7.07. The molecule has 0 aromatic heterocycles. The number of benzene rings is 1. The lowest BCUT2D eigenvalue weighted by Crippen LogP contribution is -2.37. The third-order valence-corrected chi connectivity index (χ3v) is 5.00. The van der Waals surface area contributed by atoms with Gasteiger partial charge in [-0.2, -0.15) is 0 Å². The fourth-order valence-electron chi connectivity index (χ4n) is 2.93. The van der Waals surface area contributed by atoms with Crippen LogP contribution in [-0.2, 0) is 9.59 Å². The molecular formula is C16H20BrNO2. The molecule has 0 N–H and O–H groups in total. The highest BCUT2D eigenvalue weighted by molar-refractivity contribution is 9.10. The van der Waals surface area contributed by atoms with E-state index in [0.717, 1.165) is 22.9 Å². The van der Waals surface area contributed by atoms with Gasteiger partial charge in [0, 0.05) is 10.9 Å². The highest BCUT2D eigenvalue weighted by atomic mass is 79.9. The van der Waals surface area contributed by atoms with Crippen LogP contribution in [0.3, 0.4) is 0 Å². The van der Waals surface area contributed by atoms with Crippen molar-refractivity contribution in [2.75, 3.05) is 0 Å². The van der Waals surface area contributed by atoms with Crippen LogP contribution in [0, 0.1) is 5.41 Å². The minimum absolute atomic E-state index is 0.0139. The zero-order valence-electron chi connectivity index (χ0n) is 12.1. The number of rotatable bonds is 4. The van der Waals surface area contributed by atoms with Gasteiger partial charge in [-0.25, -0.2) is 0 Å². The van der Waals surface area contributed by atoms with Gasteiger partial charge >= 0.3 is 0 Å². The Morgan fingerprint density at radius 1 is 1.30 bits per heavy atom. The second kappa shape index (κ2) is 5.68. The predicted molar refractivity (Wildman–Crippen MR) is 82.0 cm³/mol. The number of halogens is 1. The maximum atomic E-state index is 12.7. The fourth-order valence-corrected chi connectivity index (χ4v) is 3.35. The molecule has 1 aromatic carbocycles. The van der Waals surface area contributed by atoms with Crippen molar-refractivity contribution in [3.63, 3.8) is 0 Å². The average Bonchev–Trinajstić information content (AvgIpc) is 2.69. The molecule has 2 amide bonds. The largest absolute Gasteiger partial charge is 0.275 e. The van der Waals surface area contributed by atoms with Gasteiger partial charge in [0.15, 0.2) is 0 Å². The lowest BCUT2D eigenvalue weighted by molar-refractivity contribution is -0.144. The van der Waals surface area contributed by atoms with Gasteiger partial charge in [-0.3, -0.25) is 14.5 Å². The third-order valence-electron chi connectivity index (χ3n) is 4.50. The number of carbonyl (C=O) groups is 2. The molecule has 1 aromatic rings. The van der Waals surface area contributed by atoms with Crippen LogP contribution in [0.15, 0.2) is 28.7 Å². The van der Waals surface area contributed by atoms with Crippen LogP contribution < -0.4 is 0 Å². The van der Waals surface area contributed by atoms with E-state index in [2.05, 4.69) is 15.9 Å². The minimum atomic E-state index is -0.489. The zero-order valence-corrected chi connectivity index (χ0v) is 13.7. The molecule has 0 spiro atoms. The first kappa shape index (κ1) is 15.2. The molecule has 0 bridgehead atoms. The maximum Gasteiger partial charge on any atom is 0.236 e. The van der Waals surface area contributed by atoms with E-state index in [1.165, 1.54) is 4.90 Å². The van der Waals surface area contributed by atoms with Crippen LogP contribution in [0.5, 0.6) is 0 Å². The van der Waals surface area contributed by atoms with Gasteiger partial charge in [0.1, 0.15) is 0 Å². The molecule has 1 saturated heterocycles. The summed E-state index contributed by atoms with van der Waals surface area (Å²) in [7, 11) is 0. The SMILES string of the molecule is CCC1(CC)CC(=O)N(C(C)c2cccc(Br)c2)C1=O. The van der Waals surface area contributed by atoms with Crippen molar-refractivity contribution in [3.05, 3.63) is 34.3 Å². The van der Waals surface area contributed by atoms with Crippen LogP contribution in [0.2, 0.25) is 0 Å². The van der Waals surface area contributed by atoms with E-state index in [-0.39, 0.29) is 17.9 Å².